The summed E-state index contributed by atoms with van der Waals surface area (Å²) in [7, 11) is 0. The summed E-state index contributed by atoms with van der Waals surface area (Å²) in [5.74, 6) is 1.02. The first-order chi connectivity index (χ1) is 9.28. The molecule has 0 fully saturated rings. The first kappa shape index (κ1) is 16.9. The third-order valence-electron chi connectivity index (χ3n) is 2.51. The highest BCUT2D eigenvalue weighted by Crippen LogP contribution is 2.14. The van der Waals surface area contributed by atoms with Gasteiger partial charge in [0.05, 0.1) is 6.10 Å². The number of ether oxygens (including phenoxy) is 1. The van der Waals surface area contributed by atoms with Crippen LogP contribution in [0.2, 0.25) is 0 Å². The van der Waals surface area contributed by atoms with Crippen molar-refractivity contribution in [2.24, 2.45) is 5.92 Å². The maximum absolute atomic E-state index is 11.9. The normalized spacial score (nSPS) is 13.9. The minimum atomic E-state index is -4.33. The largest absolute Gasteiger partial charge is 0.411 e. The first-order valence-electron chi connectivity index (χ1n) is 6.47. The van der Waals surface area contributed by atoms with Gasteiger partial charge in [0.15, 0.2) is 0 Å². The van der Waals surface area contributed by atoms with Crippen LogP contribution in [-0.2, 0) is 17.7 Å². The molecule has 1 N–H and O–H groups in total. The summed E-state index contributed by atoms with van der Waals surface area (Å²) < 4.78 is 41.7. The Kier molecular flexibility index (Phi) is 6.41. The monoisotopic (exact) mass is 295 g/mol. The number of halogens is 3. The van der Waals surface area contributed by atoms with Crippen molar-refractivity contribution in [3.05, 3.63) is 12.2 Å². The van der Waals surface area contributed by atoms with E-state index in [0.29, 0.717) is 18.3 Å². The summed E-state index contributed by atoms with van der Waals surface area (Å²) in [6.45, 7) is 3.33. The molecule has 116 valence electrons. The van der Waals surface area contributed by atoms with Crippen LogP contribution in [0.25, 0.3) is 0 Å². The molecule has 1 aromatic heterocycles. The van der Waals surface area contributed by atoms with Gasteiger partial charge in [-0.05, 0) is 12.3 Å². The number of aliphatic hydroxyl groups is 1. The third kappa shape index (κ3) is 6.85. The van der Waals surface area contributed by atoms with E-state index in [9.17, 15) is 18.3 Å². The maximum Gasteiger partial charge on any atom is 0.411 e. The number of aliphatic hydroxyl groups excluding tert-OH is 1. The highest BCUT2D eigenvalue weighted by Gasteiger charge is 2.27. The van der Waals surface area contributed by atoms with Crippen LogP contribution in [0.3, 0.4) is 0 Å². The SMILES string of the molecule is CC(C)Cn1ncnc1CC(O)CCOCC(F)(F)F. The highest BCUT2D eigenvalue weighted by atomic mass is 19.4. The predicted octanol–water partition coefficient (Wildman–Crippen LogP) is 1.81. The van der Waals surface area contributed by atoms with E-state index in [1.807, 2.05) is 13.8 Å². The van der Waals surface area contributed by atoms with Gasteiger partial charge >= 0.3 is 6.18 Å². The molecule has 0 radical (unpaired) electrons. The van der Waals surface area contributed by atoms with E-state index in [2.05, 4.69) is 14.8 Å². The van der Waals surface area contributed by atoms with Gasteiger partial charge in [0.2, 0.25) is 0 Å². The second-order valence-corrected chi connectivity index (χ2v) is 5.07. The fourth-order valence-electron chi connectivity index (χ4n) is 1.66. The van der Waals surface area contributed by atoms with E-state index in [-0.39, 0.29) is 19.4 Å². The van der Waals surface area contributed by atoms with Crippen LogP contribution in [0.4, 0.5) is 13.2 Å². The number of aromatic nitrogens is 3. The van der Waals surface area contributed by atoms with E-state index in [1.165, 1.54) is 6.33 Å². The summed E-state index contributed by atoms with van der Waals surface area (Å²) in [6.07, 6.45) is -3.34. The molecule has 0 aliphatic rings. The van der Waals surface area contributed by atoms with E-state index in [1.54, 1.807) is 4.68 Å². The average molecular weight is 295 g/mol. The van der Waals surface area contributed by atoms with Crippen LogP contribution in [-0.4, -0.2) is 45.4 Å². The fraction of sp³-hybridized carbons (Fsp3) is 0.833. The maximum atomic E-state index is 11.9. The zero-order valence-corrected chi connectivity index (χ0v) is 11.6. The summed E-state index contributed by atoms with van der Waals surface area (Å²) in [5, 5.41) is 13.8. The Bertz CT molecular complexity index is 394. The Balaban J connectivity index is 2.32. The molecule has 1 heterocycles. The van der Waals surface area contributed by atoms with Gasteiger partial charge in [-0.1, -0.05) is 13.8 Å². The molecule has 0 aliphatic heterocycles. The Morgan fingerprint density at radius 2 is 2.10 bits per heavy atom. The lowest BCUT2D eigenvalue weighted by Crippen LogP contribution is -2.21. The number of rotatable bonds is 8. The van der Waals surface area contributed by atoms with Crippen LogP contribution >= 0.6 is 0 Å². The summed E-state index contributed by atoms with van der Waals surface area (Å²) in [4.78, 5) is 4.05. The van der Waals surface area contributed by atoms with Crippen LogP contribution in [0.15, 0.2) is 6.33 Å². The molecule has 0 saturated carbocycles. The molecule has 1 atom stereocenters. The van der Waals surface area contributed by atoms with E-state index in [0.717, 1.165) is 0 Å². The average Bonchev–Trinajstić information content (AvgIpc) is 2.70. The standard InChI is InChI=1S/C12H20F3N3O2/c1-9(2)6-18-11(16-8-17-18)5-10(19)3-4-20-7-12(13,14)15/h8-10,19H,3-7H2,1-2H3. The zero-order valence-electron chi connectivity index (χ0n) is 11.6. The summed E-state index contributed by atoms with van der Waals surface area (Å²) >= 11 is 0. The lowest BCUT2D eigenvalue weighted by Gasteiger charge is -2.13. The lowest BCUT2D eigenvalue weighted by molar-refractivity contribution is -0.175. The molecule has 1 unspecified atom stereocenters. The molecule has 1 aromatic rings. The third-order valence-corrected chi connectivity index (χ3v) is 2.51. The predicted molar refractivity (Wildman–Crippen MR) is 66.1 cm³/mol. The van der Waals surface area contributed by atoms with Crippen LogP contribution in [0, 0.1) is 5.92 Å². The number of hydrogen-bond acceptors (Lipinski definition) is 4. The van der Waals surface area contributed by atoms with Gasteiger partial charge in [0.1, 0.15) is 18.8 Å². The molecule has 5 nitrogen and oxygen atoms in total. The van der Waals surface area contributed by atoms with Gasteiger partial charge in [-0.2, -0.15) is 18.3 Å². The second-order valence-electron chi connectivity index (χ2n) is 5.07. The highest BCUT2D eigenvalue weighted by molar-refractivity contribution is 4.87. The van der Waals surface area contributed by atoms with Gasteiger partial charge in [0.25, 0.3) is 0 Å². The number of alkyl halides is 3. The van der Waals surface area contributed by atoms with Crippen molar-refractivity contribution in [1.29, 1.82) is 0 Å². The van der Waals surface area contributed by atoms with Gasteiger partial charge < -0.3 is 9.84 Å². The quantitative estimate of drug-likeness (QED) is 0.743. The fourth-order valence-corrected chi connectivity index (χ4v) is 1.66. The van der Waals surface area contributed by atoms with Gasteiger partial charge in [-0.15, -0.1) is 0 Å². The molecular weight excluding hydrogens is 275 g/mol. The Labute approximate surface area is 115 Å². The van der Waals surface area contributed by atoms with Crippen molar-refractivity contribution in [1.82, 2.24) is 14.8 Å². The zero-order chi connectivity index (χ0) is 15.2. The van der Waals surface area contributed by atoms with Crippen molar-refractivity contribution in [2.45, 2.75) is 45.5 Å². The minimum absolute atomic E-state index is 0.130. The van der Waals surface area contributed by atoms with Crippen molar-refractivity contribution < 1.29 is 23.0 Å². The Hall–Kier alpha value is -1.15. The number of hydrogen-bond donors (Lipinski definition) is 1. The molecular formula is C12H20F3N3O2. The molecule has 1 rings (SSSR count). The lowest BCUT2D eigenvalue weighted by atomic mass is 10.2. The van der Waals surface area contributed by atoms with Crippen molar-refractivity contribution >= 4 is 0 Å². The molecule has 0 amide bonds. The first-order valence-corrected chi connectivity index (χ1v) is 6.47. The number of nitrogens with zero attached hydrogens (tertiary/aromatic N) is 3. The molecule has 0 saturated heterocycles. The summed E-state index contributed by atoms with van der Waals surface area (Å²) in [5.41, 5.74) is 0. The smallest absolute Gasteiger partial charge is 0.393 e. The molecule has 20 heavy (non-hydrogen) atoms. The molecule has 0 aliphatic carbocycles. The van der Waals surface area contributed by atoms with Crippen molar-refractivity contribution in [3.8, 4) is 0 Å². The van der Waals surface area contributed by atoms with Crippen LogP contribution in [0.1, 0.15) is 26.1 Å². The van der Waals surface area contributed by atoms with Crippen LogP contribution < -0.4 is 0 Å². The van der Waals surface area contributed by atoms with Crippen LogP contribution in [0.5, 0.6) is 0 Å². The molecule has 0 aromatic carbocycles. The van der Waals surface area contributed by atoms with E-state index >= 15 is 0 Å². The van der Waals surface area contributed by atoms with E-state index < -0.39 is 18.9 Å². The summed E-state index contributed by atoms with van der Waals surface area (Å²) in [6, 6.07) is 0. The van der Waals surface area contributed by atoms with Gasteiger partial charge in [-0.3, -0.25) is 0 Å². The molecule has 0 spiro atoms. The molecule has 0 bridgehead atoms. The molecule has 8 heteroatoms. The Morgan fingerprint density at radius 1 is 1.40 bits per heavy atom. The van der Waals surface area contributed by atoms with E-state index in [4.69, 9.17) is 0 Å². The minimum Gasteiger partial charge on any atom is -0.393 e. The van der Waals surface area contributed by atoms with Gasteiger partial charge in [-0.25, -0.2) is 9.67 Å². The van der Waals surface area contributed by atoms with Crippen molar-refractivity contribution in [2.75, 3.05) is 13.2 Å². The Morgan fingerprint density at radius 3 is 2.70 bits per heavy atom. The van der Waals surface area contributed by atoms with Crippen molar-refractivity contribution in [3.63, 3.8) is 0 Å². The topological polar surface area (TPSA) is 60.2 Å². The van der Waals surface area contributed by atoms with Gasteiger partial charge in [0, 0.05) is 19.6 Å². The second kappa shape index (κ2) is 7.58.